The molecule has 362 valence electrons. The highest BCUT2D eigenvalue weighted by Gasteiger charge is 2.30. The average Bonchev–Trinajstić information content (AvgIpc) is 4.06. The van der Waals surface area contributed by atoms with E-state index >= 15 is 0 Å². The van der Waals surface area contributed by atoms with Gasteiger partial charge in [0.1, 0.15) is 18.0 Å². The number of hydrogen-bond donors (Lipinski definition) is 0. The number of nitrogens with zero attached hydrogens (tertiary/aromatic N) is 5. The first kappa shape index (κ1) is 45.7. The standard InChI is InChI=1S/C73H45N5/c74-46-59-32-31-58(41-60(59)47-75)69-70(52-27-15-5-16-28-52)73(78-67-39-35-56(50-23-11-3-12-24-50)44-63(67)64-45-57(36-40-68(64)78)51-25-13-4-14-26-51)76-71(53-29-17-6-18-30-53)72(69)77-65-37-33-54(48-19-7-1-8-20-48)42-61(65)62-43-55(34-38-66(62)77)49-21-9-2-10-22-49/h1-45H. The zero-order valence-corrected chi connectivity index (χ0v) is 42.2. The Bertz CT molecular complexity index is 4510. The fourth-order valence-corrected chi connectivity index (χ4v) is 11.5. The molecule has 78 heavy (non-hydrogen) atoms. The van der Waals surface area contributed by atoms with Crippen LogP contribution in [0.2, 0.25) is 0 Å². The molecule has 0 radical (unpaired) electrons. The molecule has 0 fully saturated rings. The summed E-state index contributed by atoms with van der Waals surface area (Å²) in [5, 5.41) is 25.6. The van der Waals surface area contributed by atoms with E-state index in [0.29, 0.717) is 11.1 Å². The molecule has 0 saturated carbocycles. The molecular formula is C73H45N5. The van der Waals surface area contributed by atoms with Gasteiger partial charge in [-0.2, -0.15) is 10.5 Å². The van der Waals surface area contributed by atoms with E-state index in [1.54, 1.807) is 6.07 Å². The zero-order valence-electron chi connectivity index (χ0n) is 42.2. The minimum Gasteiger partial charge on any atom is -0.306 e. The van der Waals surface area contributed by atoms with Crippen LogP contribution in [0.25, 0.3) is 133 Å². The summed E-state index contributed by atoms with van der Waals surface area (Å²) in [5.41, 5.74) is 19.5. The molecule has 0 unspecified atom stereocenters. The number of rotatable bonds is 9. The molecular weight excluding hydrogens is 947 g/mol. The molecule has 11 aromatic carbocycles. The van der Waals surface area contributed by atoms with E-state index in [-0.39, 0.29) is 0 Å². The van der Waals surface area contributed by atoms with Crippen LogP contribution in [0, 0.1) is 22.7 Å². The fraction of sp³-hybridized carbons (Fsp3) is 0. The van der Waals surface area contributed by atoms with Gasteiger partial charge in [0.05, 0.1) is 44.6 Å². The zero-order chi connectivity index (χ0) is 52.1. The van der Waals surface area contributed by atoms with Gasteiger partial charge in [-0.15, -0.1) is 0 Å². The molecule has 0 bridgehead atoms. The second-order valence-electron chi connectivity index (χ2n) is 19.7. The third-order valence-electron chi connectivity index (χ3n) is 15.2. The lowest BCUT2D eigenvalue weighted by Crippen LogP contribution is -2.10. The minimum atomic E-state index is 0.292. The Labute approximate surface area is 451 Å². The van der Waals surface area contributed by atoms with Crippen molar-refractivity contribution in [3.63, 3.8) is 0 Å². The number of hydrogen-bond acceptors (Lipinski definition) is 3. The van der Waals surface area contributed by atoms with Gasteiger partial charge in [0.25, 0.3) is 0 Å². The molecule has 5 heteroatoms. The van der Waals surface area contributed by atoms with Crippen molar-refractivity contribution in [2.75, 3.05) is 0 Å². The van der Waals surface area contributed by atoms with Gasteiger partial charge in [0, 0.05) is 38.2 Å². The van der Waals surface area contributed by atoms with Crippen molar-refractivity contribution in [2.24, 2.45) is 0 Å². The summed E-state index contributed by atoms with van der Waals surface area (Å²) >= 11 is 0. The van der Waals surface area contributed by atoms with E-state index < -0.39 is 0 Å². The van der Waals surface area contributed by atoms with Crippen LogP contribution >= 0.6 is 0 Å². The van der Waals surface area contributed by atoms with E-state index in [0.717, 1.165) is 133 Å². The highest BCUT2D eigenvalue weighted by molar-refractivity contribution is 6.15. The molecule has 0 aliphatic heterocycles. The van der Waals surface area contributed by atoms with Gasteiger partial charge >= 0.3 is 0 Å². The molecule has 3 heterocycles. The molecule has 14 aromatic rings. The third-order valence-corrected chi connectivity index (χ3v) is 15.2. The van der Waals surface area contributed by atoms with Gasteiger partial charge in [-0.25, -0.2) is 4.98 Å². The maximum atomic E-state index is 10.8. The van der Waals surface area contributed by atoms with Crippen LogP contribution < -0.4 is 0 Å². The molecule has 3 aromatic heterocycles. The van der Waals surface area contributed by atoms with E-state index in [2.05, 4.69) is 264 Å². The molecule has 0 saturated heterocycles. The summed E-state index contributed by atoms with van der Waals surface area (Å²) in [4.78, 5) is 6.11. The summed E-state index contributed by atoms with van der Waals surface area (Å²) in [6, 6.07) is 101. The number of benzene rings is 11. The highest BCUT2D eigenvalue weighted by Crippen LogP contribution is 2.50. The molecule has 14 rings (SSSR count). The van der Waals surface area contributed by atoms with Crippen LogP contribution in [0.4, 0.5) is 0 Å². The van der Waals surface area contributed by atoms with Crippen molar-refractivity contribution in [1.82, 2.24) is 14.1 Å². The minimum absolute atomic E-state index is 0.292. The Morgan fingerprint density at radius 2 is 0.603 bits per heavy atom. The first-order valence-corrected chi connectivity index (χ1v) is 26.1. The second kappa shape index (κ2) is 19.1. The summed E-state index contributed by atoms with van der Waals surface area (Å²) in [5.74, 6) is 0.722. The van der Waals surface area contributed by atoms with E-state index in [1.807, 2.05) is 24.3 Å². The van der Waals surface area contributed by atoms with Crippen molar-refractivity contribution in [1.29, 1.82) is 10.5 Å². The molecule has 0 amide bonds. The third kappa shape index (κ3) is 7.74. The summed E-state index contributed by atoms with van der Waals surface area (Å²) in [6.45, 7) is 0. The SMILES string of the molecule is N#Cc1ccc(-c2c(-c3ccccc3)c(-n3c4ccc(-c5ccccc5)cc4c4cc(-c5ccccc5)ccc43)nc(-c3ccccc3)c2-n2c3ccc(-c4ccccc4)cc3c3cc(-c4ccccc4)ccc32)cc1C#N. The molecule has 0 aliphatic carbocycles. The lowest BCUT2D eigenvalue weighted by Gasteiger charge is -2.25. The van der Waals surface area contributed by atoms with Gasteiger partial charge in [0.2, 0.25) is 0 Å². The van der Waals surface area contributed by atoms with Crippen LogP contribution in [0.1, 0.15) is 11.1 Å². The first-order valence-electron chi connectivity index (χ1n) is 26.1. The maximum absolute atomic E-state index is 10.8. The monoisotopic (exact) mass is 991 g/mol. The second-order valence-corrected chi connectivity index (χ2v) is 19.7. The topological polar surface area (TPSA) is 70.3 Å². The van der Waals surface area contributed by atoms with Gasteiger partial charge in [-0.05, 0) is 116 Å². The Kier molecular flexibility index (Phi) is 11.2. The van der Waals surface area contributed by atoms with Gasteiger partial charge in [-0.3, -0.25) is 4.57 Å². The fourth-order valence-electron chi connectivity index (χ4n) is 11.5. The van der Waals surface area contributed by atoms with Gasteiger partial charge < -0.3 is 4.57 Å². The normalized spacial score (nSPS) is 11.3. The quantitative estimate of drug-likeness (QED) is 0.145. The number of aromatic nitrogens is 3. The lowest BCUT2D eigenvalue weighted by molar-refractivity contribution is 1.06. The summed E-state index contributed by atoms with van der Waals surface area (Å²) in [7, 11) is 0. The highest BCUT2D eigenvalue weighted by atomic mass is 15.1. The Hall–Kier alpha value is -10.9. The number of nitriles is 2. The Morgan fingerprint density at radius 1 is 0.269 bits per heavy atom. The first-order chi connectivity index (χ1) is 38.6. The van der Waals surface area contributed by atoms with Crippen molar-refractivity contribution in [3.8, 4) is 102 Å². The molecule has 0 aliphatic rings. The average molecular weight is 992 g/mol. The van der Waals surface area contributed by atoms with Crippen LogP contribution in [-0.2, 0) is 0 Å². The molecule has 0 N–H and O–H groups in total. The lowest BCUT2D eigenvalue weighted by atomic mass is 9.89. The van der Waals surface area contributed by atoms with E-state index in [4.69, 9.17) is 4.98 Å². The van der Waals surface area contributed by atoms with Crippen molar-refractivity contribution >= 4 is 43.6 Å². The van der Waals surface area contributed by atoms with E-state index in [1.165, 1.54) is 0 Å². The molecule has 0 atom stereocenters. The van der Waals surface area contributed by atoms with Crippen LogP contribution in [0.3, 0.4) is 0 Å². The number of fused-ring (bicyclic) bond motifs is 6. The van der Waals surface area contributed by atoms with Crippen LogP contribution in [0.15, 0.2) is 273 Å². The maximum Gasteiger partial charge on any atom is 0.147 e. The van der Waals surface area contributed by atoms with E-state index in [9.17, 15) is 10.5 Å². The predicted octanol–water partition coefficient (Wildman–Crippen LogP) is 18.7. The Morgan fingerprint density at radius 3 is 0.974 bits per heavy atom. The van der Waals surface area contributed by atoms with Crippen LogP contribution in [-0.4, -0.2) is 14.1 Å². The van der Waals surface area contributed by atoms with Gasteiger partial charge in [0.15, 0.2) is 0 Å². The van der Waals surface area contributed by atoms with Crippen LogP contribution in [0.5, 0.6) is 0 Å². The largest absolute Gasteiger partial charge is 0.306 e. The Balaban J connectivity index is 1.18. The summed E-state index contributed by atoms with van der Waals surface area (Å²) < 4.78 is 4.73. The van der Waals surface area contributed by atoms with Crippen molar-refractivity contribution < 1.29 is 0 Å². The molecule has 5 nitrogen and oxygen atoms in total. The van der Waals surface area contributed by atoms with Crippen molar-refractivity contribution in [3.05, 3.63) is 284 Å². The summed E-state index contributed by atoms with van der Waals surface area (Å²) in [6.07, 6.45) is 0. The smallest absolute Gasteiger partial charge is 0.147 e. The molecule has 0 spiro atoms. The van der Waals surface area contributed by atoms with Gasteiger partial charge in [-0.1, -0.05) is 212 Å². The predicted molar refractivity (Wildman–Crippen MR) is 320 cm³/mol. The van der Waals surface area contributed by atoms with Crippen molar-refractivity contribution in [2.45, 2.75) is 0 Å². The number of pyridine rings is 1.